The fraction of sp³-hybridized carbons (Fsp3) is 0.222. The van der Waals surface area contributed by atoms with Crippen molar-refractivity contribution in [1.82, 2.24) is 20.4 Å². The number of halogens is 2. The summed E-state index contributed by atoms with van der Waals surface area (Å²) in [6.07, 6.45) is 3.22. The number of amides is 2. The summed E-state index contributed by atoms with van der Waals surface area (Å²) in [6.45, 7) is 3.72. The summed E-state index contributed by atoms with van der Waals surface area (Å²) >= 11 is 0. The van der Waals surface area contributed by atoms with Gasteiger partial charge in [-0.2, -0.15) is 4.98 Å². The molecule has 0 spiro atoms. The number of aromatic nitrogens is 3. The van der Waals surface area contributed by atoms with Gasteiger partial charge in [0.05, 0.1) is 0 Å². The maximum absolute atomic E-state index is 13.2. The monoisotopic (exact) mass is 373 g/mol. The van der Waals surface area contributed by atoms with Crippen molar-refractivity contribution in [3.05, 3.63) is 60.3 Å². The van der Waals surface area contributed by atoms with Crippen molar-refractivity contribution < 1.29 is 18.1 Å². The van der Waals surface area contributed by atoms with Crippen molar-refractivity contribution >= 4 is 11.7 Å². The molecule has 9 heteroatoms. The largest absolute Gasteiger partial charge is 0.337 e. The number of pyridine rings is 1. The number of hydrogen-bond donors (Lipinski definition) is 2. The summed E-state index contributed by atoms with van der Waals surface area (Å²) in [5.74, 6) is -1.10. The van der Waals surface area contributed by atoms with Crippen LogP contribution in [0.3, 0.4) is 0 Å². The highest BCUT2D eigenvalue weighted by Crippen LogP contribution is 2.23. The van der Waals surface area contributed by atoms with Crippen LogP contribution in [-0.2, 0) is 0 Å². The topological polar surface area (TPSA) is 92.9 Å². The smallest absolute Gasteiger partial charge is 0.319 e. The molecular formula is C18H17F2N5O2. The second kappa shape index (κ2) is 7.90. The zero-order chi connectivity index (χ0) is 19.4. The molecule has 1 atom stereocenters. The average Bonchev–Trinajstić information content (AvgIpc) is 3.09. The number of anilines is 1. The van der Waals surface area contributed by atoms with E-state index in [1.807, 2.05) is 13.8 Å². The second-order valence-corrected chi connectivity index (χ2v) is 6.18. The van der Waals surface area contributed by atoms with Gasteiger partial charge in [-0.1, -0.05) is 19.0 Å². The van der Waals surface area contributed by atoms with Crippen LogP contribution in [0.5, 0.6) is 0 Å². The zero-order valence-electron chi connectivity index (χ0n) is 14.6. The highest BCUT2D eigenvalue weighted by Gasteiger charge is 2.25. The molecule has 0 fully saturated rings. The summed E-state index contributed by atoms with van der Waals surface area (Å²) in [4.78, 5) is 20.5. The fourth-order valence-electron chi connectivity index (χ4n) is 2.42. The number of nitrogens with one attached hydrogen (secondary N) is 2. The molecule has 1 aromatic carbocycles. The zero-order valence-corrected chi connectivity index (χ0v) is 14.6. The molecule has 2 heterocycles. The number of benzene rings is 1. The Labute approximate surface area is 153 Å². The predicted molar refractivity (Wildman–Crippen MR) is 93.6 cm³/mol. The van der Waals surface area contributed by atoms with E-state index < -0.39 is 23.7 Å². The Morgan fingerprint density at radius 3 is 2.56 bits per heavy atom. The normalized spacial score (nSPS) is 12.0. The van der Waals surface area contributed by atoms with Crippen LogP contribution >= 0.6 is 0 Å². The Hall–Kier alpha value is -3.36. The SMILES string of the molecule is CC(C)[C@H](NC(=O)Nc1cc(F)cc(F)c1)c1nc(-c2cccnc2)no1. The molecule has 0 radical (unpaired) electrons. The minimum Gasteiger partial charge on any atom is -0.337 e. The Morgan fingerprint density at radius 2 is 1.93 bits per heavy atom. The molecule has 140 valence electrons. The molecule has 27 heavy (non-hydrogen) atoms. The number of hydrogen-bond acceptors (Lipinski definition) is 5. The lowest BCUT2D eigenvalue weighted by molar-refractivity contribution is 0.236. The van der Waals surface area contributed by atoms with E-state index in [-0.39, 0.29) is 17.5 Å². The van der Waals surface area contributed by atoms with Gasteiger partial charge >= 0.3 is 6.03 Å². The molecule has 2 aromatic heterocycles. The molecule has 3 aromatic rings. The van der Waals surface area contributed by atoms with Crippen LogP contribution in [0.15, 0.2) is 47.2 Å². The fourth-order valence-corrected chi connectivity index (χ4v) is 2.42. The van der Waals surface area contributed by atoms with Gasteiger partial charge in [-0.25, -0.2) is 13.6 Å². The summed E-state index contributed by atoms with van der Waals surface area (Å²) in [5.41, 5.74) is 0.670. The summed E-state index contributed by atoms with van der Waals surface area (Å²) in [5, 5.41) is 8.97. The number of nitrogens with zero attached hydrogens (tertiary/aromatic N) is 3. The standard InChI is InChI=1S/C18H17F2N5O2/c1-10(2)15(17-24-16(25-27-17)11-4-3-5-21-9-11)23-18(26)22-14-7-12(19)6-13(20)8-14/h3-10,15H,1-2H3,(H2,22,23,26)/t15-/m0/s1. The van der Waals surface area contributed by atoms with Gasteiger partial charge in [0.1, 0.15) is 17.7 Å². The van der Waals surface area contributed by atoms with Crippen LogP contribution in [0.4, 0.5) is 19.3 Å². The van der Waals surface area contributed by atoms with Gasteiger partial charge in [-0.3, -0.25) is 4.98 Å². The van der Waals surface area contributed by atoms with E-state index in [0.29, 0.717) is 11.4 Å². The molecule has 3 rings (SSSR count). The molecule has 0 bridgehead atoms. The van der Waals surface area contributed by atoms with Gasteiger partial charge in [0.15, 0.2) is 0 Å². The van der Waals surface area contributed by atoms with E-state index >= 15 is 0 Å². The molecule has 0 saturated carbocycles. The maximum Gasteiger partial charge on any atom is 0.319 e. The minimum atomic E-state index is -0.788. The molecule has 0 unspecified atom stereocenters. The molecule has 0 aliphatic heterocycles. The number of urea groups is 1. The molecule has 0 aliphatic rings. The third-order valence-electron chi connectivity index (χ3n) is 3.70. The van der Waals surface area contributed by atoms with Crippen molar-refractivity contribution in [2.24, 2.45) is 5.92 Å². The van der Waals surface area contributed by atoms with Crippen LogP contribution in [0.25, 0.3) is 11.4 Å². The van der Waals surface area contributed by atoms with E-state index in [1.165, 1.54) is 0 Å². The van der Waals surface area contributed by atoms with Crippen molar-refractivity contribution in [3.8, 4) is 11.4 Å². The first-order chi connectivity index (χ1) is 12.9. The molecule has 0 aliphatic carbocycles. The molecule has 2 amide bonds. The van der Waals surface area contributed by atoms with Gasteiger partial charge in [0.25, 0.3) is 0 Å². The quantitative estimate of drug-likeness (QED) is 0.707. The van der Waals surface area contributed by atoms with Crippen LogP contribution in [0.2, 0.25) is 0 Å². The Morgan fingerprint density at radius 1 is 1.19 bits per heavy atom. The highest BCUT2D eigenvalue weighted by molar-refractivity contribution is 5.89. The molecular weight excluding hydrogens is 356 g/mol. The first-order valence-corrected chi connectivity index (χ1v) is 8.20. The van der Waals surface area contributed by atoms with E-state index in [4.69, 9.17) is 4.52 Å². The van der Waals surface area contributed by atoms with E-state index in [0.717, 1.165) is 18.2 Å². The van der Waals surface area contributed by atoms with Crippen molar-refractivity contribution in [1.29, 1.82) is 0 Å². The second-order valence-electron chi connectivity index (χ2n) is 6.18. The van der Waals surface area contributed by atoms with Crippen molar-refractivity contribution in [2.75, 3.05) is 5.32 Å². The van der Waals surface area contributed by atoms with Gasteiger partial charge in [0.2, 0.25) is 11.7 Å². The van der Waals surface area contributed by atoms with Gasteiger partial charge in [-0.15, -0.1) is 0 Å². The molecule has 7 nitrogen and oxygen atoms in total. The molecule has 2 N–H and O–H groups in total. The van der Waals surface area contributed by atoms with Crippen LogP contribution in [0, 0.1) is 17.6 Å². The highest BCUT2D eigenvalue weighted by atomic mass is 19.1. The predicted octanol–water partition coefficient (Wildman–Crippen LogP) is 3.93. The first kappa shape index (κ1) is 18.4. The van der Waals surface area contributed by atoms with E-state index in [1.54, 1.807) is 24.5 Å². The van der Waals surface area contributed by atoms with Crippen molar-refractivity contribution in [3.63, 3.8) is 0 Å². The summed E-state index contributed by atoms with van der Waals surface area (Å²) in [7, 11) is 0. The number of carbonyl (C=O) groups is 1. The van der Waals surface area contributed by atoms with Crippen molar-refractivity contribution in [2.45, 2.75) is 19.9 Å². The Kier molecular flexibility index (Phi) is 5.39. The van der Waals surface area contributed by atoms with Crippen LogP contribution < -0.4 is 10.6 Å². The van der Waals surface area contributed by atoms with Gasteiger partial charge in [-0.05, 0) is 30.2 Å². The lowest BCUT2D eigenvalue weighted by atomic mass is 10.0. The third-order valence-corrected chi connectivity index (χ3v) is 3.70. The van der Waals surface area contributed by atoms with E-state index in [2.05, 4.69) is 25.8 Å². The van der Waals surface area contributed by atoms with Crippen LogP contribution in [0.1, 0.15) is 25.8 Å². The maximum atomic E-state index is 13.2. The van der Waals surface area contributed by atoms with Crippen LogP contribution in [-0.4, -0.2) is 21.2 Å². The van der Waals surface area contributed by atoms with E-state index in [9.17, 15) is 13.6 Å². The first-order valence-electron chi connectivity index (χ1n) is 8.20. The Bertz CT molecular complexity index is 910. The summed E-state index contributed by atoms with van der Waals surface area (Å²) < 4.78 is 31.8. The summed E-state index contributed by atoms with van der Waals surface area (Å²) in [6, 6.07) is 5.03. The lowest BCUT2D eigenvalue weighted by Gasteiger charge is -2.19. The number of rotatable bonds is 5. The lowest BCUT2D eigenvalue weighted by Crippen LogP contribution is -2.35. The average molecular weight is 373 g/mol. The van der Waals surface area contributed by atoms with Gasteiger partial charge < -0.3 is 15.2 Å². The third kappa shape index (κ3) is 4.63. The van der Waals surface area contributed by atoms with Gasteiger partial charge in [0, 0.05) is 29.7 Å². The number of carbonyl (C=O) groups excluding carboxylic acids is 1. The Balaban J connectivity index is 1.74. The minimum absolute atomic E-state index is 0.00548. The molecule has 0 saturated heterocycles.